The van der Waals surface area contributed by atoms with Gasteiger partial charge in [0.25, 0.3) is 0 Å². The number of allylic oxidation sites excluding steroid dienone is 2. The van der Waals surface area contributed by atoms with Crippen LogP contribution < -0.4 is 15.2 Å². The summed E-state index contributed by atoms with van der Waals surface area (Å²) in [6.45, 7) is 0. The number of rotatable bonds is 4. The van der Waals surface area contributed by atoms with Gasteiger partial charge in [0.1, 0.15) is 11.5 Å². The lowest BCUT2D eigenvalue weighted by Gasteiger charge is -2.12. The minimum atomic E-state index is -0.0257. The van der Waals surface area contributed by atoms with E-state index in [2.05, 4.69) is 0 Å². The van der Waals surface area contributed by atoms with Gasteiger partial charge in [0.05, 0.1) is 25.5 Å². The summed E-state index contributed by atoms with van der Waals surface area (Å²) < 4.78 is 10.3. The maximum atomic E-state index is 12.3. The van der Waals surface area contributed by atoms with Crippen LogP contribution in [0.3, 0.4) is 0 Å². The second-order valence-corrected chi connectivity index (χ2v) is 4.24. The standard InChI is InChI=1S/C14H17NO3/c1-17-10-7-11(13(15)12(8-10)18-2)14(16)9-5-3-4-6-9/h5,7-8H,3-4,6,15H2,1-2H3. The fourth-order valence-corrected chi connectivity index (χ4v) is 2.13. The van der Waals surface area contributed by atoms with Crippen molar-refractivity contribution in [1.29, 1.82) is 0 Å². The monoisotopic (exact) mass is 247 g/mol. The van der Waals surface area contributed by atoms with Gasteiger partial charge < -0.3 is 15.2 Å². The molecule has 0 spiro atoms. The molecule has 18 heavy (non-hydrogen) atoms. The third kappa shape index (κ3) is 2.18. The first-order valence-corrected chi connectivity index (χ1v) is 5.92. The summed E-state index contributed by atoms with van der Waals surface area (Å²) in [5.74, 6) is 1.02. The normalized spacial score (nSPS) is 14.2. The number of methoxy groups -OCH3 is 2. The van der Waals surface area contributed by atoms with E-state index in [1.807, 2.05) is 6.08 Å². The van der Waals surface area contributed by atoms with E-state index in [1.165, 1.54) is 7.11 Å². The molecule has 0 amide bonds. The molecule has 1 aliphatic rings. The number of nitrogen functional groups attached to an aromatic ring is 1. The Morgan fingerprint density at radius 1 is 1.28 bits per heavy atom. The van der Waals surface area contributed by atoms with Crippen LogP contribution >= 0.6 is 0 Å². The number of carbonyl (C=O) groups is 1. The second-order valence-electron chi connectivity index (χ2n) is 4.24. The number of hydrogen-bond acceptors (Lipinski definition) is 4. The molecule has 0 unspecified atom stereocenters. The molecule has 0 fully saturated rings. The molecule has 0 aromatic heterocycles. The van der Waals surface area contributed by atoms with Crippen LogP contribution in [0.25, 0.3) is 0 Å². The van der Waals surface area contributed by atoms with Crippen molar-refractivity contribution in [1.82, 2.24) is 0 Å². The Balaban J connectivity index is 2.45. The molecular weight excluding hydrogens is 230 g/mol. The van der Waals surface area contributed by atoms with E-state index in [-0.39, 0.29) is 5.78 Å². The summed E-state index contributed by atoms with van der Waals surface area (Å²) >= 11 is 0. The van der Waals surface area contributed by atoms with Gasteiger partial charge in [-0.05, 0) is 30.9 Å². The number of benzene rings is 1. The van der Waals surface area contributed by atoms with Crippen LogP contribution in [0.5, 0.6) is 11.5 Å². The highest BCUT2D eigenvalue weighted by Gasteiger charge is 2.20. The first kappa shape index (κ1) is 12.5. The molecule has 0 heterocycles. The van der Waals surface area contributed by atoms with Crippen LogP contribution in [-0.2, 0) is 0 Å². The van der Waals surface area contributed by atoms with Crippen molar-refractivity contribution in [2.75, 3.05) is 20.0 Å². The molecule has 0 saturated heterocycles. The molecule has 2 rings (SSSR count). The average Bonchev–Trinajstić information content (AvgIpc) is 2.92. The molecular formula is C14H17NO3. The number of anilines is 1. The Hall–Kier alpha value is -1.97. The minimum Gasteiger partial charge on any atom is -0.497 e. The lowest BCUT2D eigenvalue weighted by atomic mass is 10.0. The van der Waals surface area contributed by atoms with Gasteiger partial charge in [-0.25, -0.2) is 0 Å². The largest absolute Gasteiger partial charge is 0.497 e. The van der Waals surface area contributed by atoms with Gasteiger partial charge in [0, 0.05) is 6.07 Å². The van der Waals surface area contributed by atoms with E-state index < -0.39 is 0 Å². The van der Waals surface area contributed by atoms with Gasteiger partial charge in [-0.2, -0.15) is 0 Å². The fourth-order valence-electron chi connectivity index (χ4n) is 2.13. The van der Waals surface area contributed by atoms with Gasteiger partial charge in [-0.15, -0.1) is 0 Å². The Morgan fingerprint density at radius 3 is 2.61 bits per heavy atom. The summed E-state index contributed by atoms with van der Waals surface area (Å²) in [6, 6.07) is 3.34. The van der Waals surface area contributed by atoms with Crippen LogP contribution in [0, 0.1) is 0 Å². The van der Waals surface area contributed by atoms with Gasteiger partial charge in [0.2, 0.25) is 0 Å². The predicted octanol–water partition coefficient (Wildman–Crippen LogP) is 2.58. The Labute approximate surface area is 106 Å². The molecule has 2 N–H and O–H groups in total. The number of ketones is 1. The Bertz CT molecular complexity index is 506. The maximum absolute atomic E-state index is 12.3. The van der Waals surface area contributed by atoms with Gasteiger partial charge >= 0.3 is 0 Å². The highest BCUT2D eigenvalue weighted by atomic mass is 16.5. The van der Waals surface area contributed by atoms with E-state index in [0.717, 1.165) is 24.8 Å². The molecule has 1 aromatic rings. The number of hydrogen-bond donors (Lipinski definition) is 1. The van der Waals surface area contributed by atoms with Gasteiger partial charge in [-0.3, -0.25) is 4.79 Å². The van der Waals surface area contributed by atoms with Crippen molar-refractivity contribution in [2.45, 2.75) is 19.3 Å². The van der Waals surface area contributed by atoms with Crippen molar-refractivity contribution < 1.29 is 14.3 Å². The Kier molecular flexibility index (Phi) is 3.55. The lowest BCUT2D eigenvalue weighted by Crippen LogP contribution is -2.07. The summed E-state index contributed by atoms with van der Waals surface area (Å²) in [4.78, 5) is 12.3. The fraction of sp³-hybridized carbons (Fsp3) is 0.357. The highest BCUT2D eigenvalue weighted by molar-refractivity contribution is 6.13. The molecule has 0 radical (unpaired) electrons. The zero-order chi connectivity index (χ0) is 13.1. The van der Waals surface area contributed by atoms with Gasteiger partial charge in [-0.1, -0.05) is 6.08 Å². The number of ether oxygens (including phenoxy) is 2. The minimum absolute atomic E-state index is 0.0257. The van der Waals surface area contributed by atoms with E-state index in [4.69, 9.17) is 15.2 Å². The highest BCUT2D eigenvalue weighted by Crippen LogP contribution is 2.34. The zero-order valence-corrected chi connectivity index (χ0v) is 10.7. The van der Waals surface area contributed by atoms with Gasteiger partial charge in [0.15, 0.2) is 5.78 Å². The number of Topliss-reactive ketones (excluding diaryl/α,β-unsaturated/α-hetero) is 1. The number of nitrogens with two attached hydrogens (primary N) is 1. The van der Waals surface area contributed by atoms with Crippen LogP contribution in [0.4, 0.5) is 5.69 Å². The molecule has 0 bridgehead atoms. The van der Waals surface area contributed by atoms with E-state index in [0.29, 0.717) is 22.7 Å². The summed E-state index contributed by atoms with van der Waals surface area (Å²) in [6.07, 6.45) is 4.79. The average molecular weight is 247 g/mol. The van der Waals surface area contributed by atoms with Crippen molar-refractivity contribution in [3.05, 3.63) is 29.3 Å². The van der Waals surface area contributed by atoms with E-state index in [1.54, 1.807) is 19.2 Å². The first-order valence-electron chi connectivity index (χ1n) is 5.92. The van der Waals surface area contributed by atoms with Crippen molar-refractivity contribution >= 4 is 11.5 Å². The number of carbonyl (C=O) groups excluding carboxylic acids is 1. The van der Waals surface area contributed by atoms with Crippen molar-refractivity contribution in [2.24, 2.45) is 0 Å². The smallest absolute Gasteiger partial charge is 0.191 e. The van der Waals surface area contributed by atoms with E-state index in [9.17, 15) is 4.79 Å². The molecule has 0 saturated carbocycles. The summed E-state index contributed by atoms with van der Waals surface area (Å²) in [5, 5.41) is 0. The van der Waals surface area contributed by atoms with E-state index >= 15 is 0 Å². The second kappa shape index (κ2) is 5.12. The molecule has 1 aliphatic carbocycles. The molecule has 4 heteroatoms. The van der Waals surface area contributed by atoms with Crippen LogP contribution in [0.2, 0.25) is 0 Å². The van der Waals surface area contributed by atoms with Crippen LogP contribution in [0.1, 0.15) is 29.6 Å². The molecule has 1 aromatic carbocycles. The van der Waals surface area contributed by atoms with Crippen LogP contribution in [0.15, 0.2) is 23.8 Å². The predicted molar refractivity (Wildman–Crippen MR) is 70.2 cm³/mol. The zero-order valence-electron chi connectivity index (χ0n) is 10.7. The molecule has 0 aliphatic heterocycles. The van der Waals surface area contributed by atoms with Crippen molar-refractivity contribution in [3.63, 3.8) is 0 Å². The quantitative estimate of drug-likeness (QED) is 0.656. The molecule has 96 valence electrons. The molecule has 0 atom stereocenters. The third-order valence-corrected chi connectivity index (χ3v) is 3.15. The SMILES string of the molecule is COc1cc(OC)c(N)c(C(=O)C2=CCCC2)c1. The van der Waals surface area contributed by atoms with Crippen LogP contribution in [-0.4, -0.2) is 20.0 Å². The summed E-state index contributed by atoms with van der Waals surface area (Å²) in [7, 11) is 3.07. The lowest BCUT2D eigenvalue weighted by molar-refractivity contribution is 0.103. The Morgan fingerprint density at radius 2 is 2.06 bits per heavy atom. The third-order valence-electron chi connectivity index (χ3n) is 3.15. The first-order chi connectivity index (χ1) is 8.67. The van der Waals surface area contributed by atoms with Crippen molar-refractivity contribution in [3.8, 4) is 11.5 Å². The maximum Gasteiger partial charge on any atom is 0.191 e. The topological polar surface area (TPSA) is 61.6 Å². The summed E-state index contributed by atoms with van der Waals surface area (Å²) in [5.41, 5.74) is 7.62. The molecule has 4 nitrogen and oxygen atoms in total.